The standard InChI is InChI=1S/C10H12BrNO/c11-7-13-9-5-1-3-8-4-2-6-12-10(8)9/h1,3,5,12H,2,4,6-7H2. The number of benzene rings is 1. The highest BCUT2D eigenvalue weighted by Gasteiger charge is 2.12. The molecule has 1 aliphatic heterocycles. The Morgan fingerprint density at radius 3 is 3.23 bits per heavy atom. The van der Waals surface area contributed by atoms with Crippen molar-refractivity contribution < 1.29 is 4.74 Å². The molecule has 0 amide bonds. The van der Waals surface area contributed by atoms with Crippen LogP contribution in [-0.4, -0.2) is 12.1 Å². The smallest absolute Gasteiger partial charge is 0.143 e. The van der Waals surface area contributed by atoms with Gasteiger partial charge in [0.25, 0.3) is 0 Å². The summed E-state index contributed by atoms with van der Waals surface area (Å²) in [7, 11) is 0. The van der Waals surface area contributed by atoms with Gasteiger partial charge in [-0.25, -0.2) is 0 Å². The first-order valence-electron chi connectivity index (χ1n) is 4.46. The summed E-state index contributed by atoms with van der Waals surface area (Å²) in [5.41, 5.74) is 3.09. The van der Waals surface area contributed by atoms with Crippen molar-refractivity contribution in [3.05, 3.63) is 23.8 Å². The van der Waals surface area contributed by atoms with Crippen LogP contribution in [0, 0.1) is 0 Å². The molecule has 2 nitrogen and oxygen atoms in total. The minimum atomic E-state index is 0.547. The van der Waals surface area contributed by atoms with Gasteiger partial charge in [-0.2, -0.15) is 0 Å². The number of ether oxygens (including phenoxy) is 1. The average molecular weight is 242 g/mol. The van der Waals surface area contributed by atoms with E-state index in [4.69, 9.17) is 4.74 Å². The van der Waals surface area contributed by atoms with Crippen LogP contribution in [0.25, 0.3) is 0 Å². The fourth-order valence-electron chi connectivity index (χ4n) is 1.66. The van der Waals surface area contributed by atoms with Crippen molar-refractivity contribution in [2.75, 3.05) is 17.4 Å². The third-order valence-electron chi connectivity index (χ3n) is 2.25. The summed E-state index contributed by atoms with van der Waals surface area (Å²) in [6, 6.07) is 6.20. The molecule has 0 aromatic heterocycles. The summed E-state index contributed by atoms with van der Waals surface area (Å²) in [6.07, 6.45) is 2.37. The molecule has 0 fully saturated rings. The molecule has 1 aromatic rings. The van der Waals surface area contributed by atoms with Gasteiger partial charge in [0.2, 0.25) is 0 Å². The molecule has 0 unspecified atom stereocenters. The molecule has 1 N–H and O–H groups in total. The van der Waals surface area contributed by atoms with Crippen molar-refractivity contribution >= 4 is 21.6 Å². The predicted octanol–water partition coefficient (Wildman–Crippen LogP) is 2.78. The normalized spacial score (nSPS) is 14.5. The number of para-hydroxylation sites is 1. The van der Waals surface area contributed by atoms with E-state index < -0.39 is 0 Å². The average Bonchev–Trinajstić information content (AvgIpc) is 2.19. The molecule has 0 saturated carbocycles. The van der Waals surface area contributed by atoms with Crippen LogP contribution in [0.1, 0.15) is 12.0 Å². The van der Waals surface area contributed by atoms with E-state index in [-0.39, 0.29) is 0 Å². The Morgan fingerprint density at radius 2 is 2.38 bits per heavy atom. The van der Waals surface area contributed by atoms with Gasteiger partial charge >= 0.3 is 0 Å². The van der Waals surface area contributed by atoms with Gasteiger partial charge in [0.1, 0.15) is 11.3 Å². The second-order valence-corrected chi connectivity index (χ2v) is 3.53. The molecule has 2 rings (SSSR count). The molecule has 13 heavy (non-hydrogen) atoms. The molecular formula is C10H12BrNO. The molecule has 0 spiro atoms. The molecule has 0 radical (unpaired) electrons. The van der Waals surface area contributed by atoms with Crippen molar-refractivity contribution in [2.45, 2.75) is 12.8 Å². The van der Waals surface area contributed by atoms with E-state index >= 15 is 0 Å². The monoisotopic (exact) mass is 241 g/mol. The van der Waals surface area contributed by atoms with Crippen LogP contribution >= 0.6 is 15.9 Å². The van der Waals surface area contributed by atoms with Crippen LogP contribution in [0.15, 0.2) is 18.2 Å². The van der Waals surface area contributed by atoms with E-state index in [1.165, 1.54) is 17.7 Å². The van der Waals surface area contributed by atoms with Crippen LogP contribution in [0.4, 0.5) is 5.69 Å². The summed E-state index contributed by atoms with van der Waals surface area (Å²) >= 11 is 3.26. The molecule has 0 aliphatic carbocycles. The summed E-state index contributed by atoms with van der Waals surface area (Å²) in [5.74, 6) is 0.953. The number of rotatable bonds is 2. The number of fused-ring (bicyclic) bond motifs is 1. The van der Waals surface area contributed by atoms with Gasteiger partial charge in [0.15, 0.2) is 0 Å². The van der Waals surface area contributed by atoms with Crippen molar-refractivity contribution in [3.63, 3.8) is 0 Å². The van der Waals surface area contributed by atoms with Crippen LogP contribution < -0.4 is 10.1 Å². The topological polar surface area (TPSA) is 21.3 Å². The number of alkyl halides is 1. The van der Waals surface area contributed by atoms with Crippen LogP contribution in [0.2, 0.25) is 0 Å². The Morgan fingerprint density at radius 1 is 1.46 bits per heavy atom. The Bertz CT molecular complexity index is 301. The maximum Gasteiger partial charge on any atom is 0.143 e. The summed E-state index contributed by atoms with van der Waals surface area (Å²) < 4.78 is 5.46. The van der Waals surface area contributed by atoms with E-state index in [9.17, 15) is 0 Å². The van der Waals surface area contributed by atoms with Crippen molar-refractivity contribution in [3.8, 4) is 5.75 Å². The molecular weight excluding hydrogens is 230 g/mol. The zero-order chi connectivity index (χ0) is 9.10. The lowest BCUT2D eigenvalue weighted by Gasteiger charge is -2.20. The maximum atomic E-state index is 5.46. The van der Waals surface area contributed by atoms with Gasteiger partial charge < -0.3 is 10.1 Å². The van der Waals surface area contributed by atoms with Gasteiger partial charge in [0, 0.05) is 6.54 Å². The Kier molecular flexibility index (Phi) is 2.74. The highest BCUT2D eigenvalue weighted by atomic mass is 79.9. The molecule has 0 atom stereocenters. The van der Waals surface area contributed by atoms with Gasteiger partial charge in [-0.15, -0.1) is 0 Å². The first kappa shape index (κ1) is 8.88. The molecule has 3 heteroatoms. The summed E-state index contributed by atoms with van der Waals surface area (Å²) in [5, 5.41) is 3.37. The lowest BCUT2D eigenvalue weighted by atomic mass is 10.0. The van der Waals surface area contributed by atoms with E-state index in [2.05, 4.69) is 27.3 Å². The zero-order valence-corrected chi connectivity index (χ0v) is 8.93. The lowest BCUT2D eigenvalue weighted by molar-refractivity contribution is 0.398. The van der Waals surface area contributed by atoms with Gasteiger partial charge in [-0.3, -0.25) is 0 Å². The quantitative estimate of drug-likeness (QED) is 0.805. The number of aryl methyl sites for hydroxylation is 1. The summed E-state index contributed by atoms with van der Waals surface area (Å²) in [6.45, 7) is 1.05. The number of nitrogens with one attached hydrogen (secondary N) is 1. The zero-order valence-electron chi connectivity index (χ0n) is 7.35. The number of hydrogen-bond acceptors (Lipinski definition) is 2. The van der Waals surface area contributed by atoms with Gasteiger partial charge in [-0.05, 0) is 40.4 Å². The minimum absolute atomic E-state index is 0.547. The van der Waals surface area contributed by atoms with Crippen LogP contribution in [0.3, 0.4) is 0 Å². The van der Waals surface area contributed by atoms with E-state index in [1.54, 1.807) is 0 Å². The first-order valence-corrected chi connectivity index (χ1v) is 5.58. The van der Waals surface area contributed by atoms with E-state index in [1.807, 2.05) is 12.1 Å². The van der Waals surface area contributed by atoms with Crippen LogP contribution in [0.5, 0.6) is 5.75 Å². The van der Waals surface area contributed by atoms with Gasteiger partial charge in [-0.1, -0.05) is 12.1 Å². The summed E-state index contributed by atoms with van der Waals surface area (Å²) in [4.78, 5) is 0. The largest absolute Gasteiger partial charge is 0.480 e. The molecule has 1 heterocycles. The van der Waals surface area contributed by atoms with Crippen molar-refractivity contribution in [1.29, 1.82) is 0 Å². The molecule has 70 valence electrons. The number of hydrogen-bond donors (Lipinski definition) is 1. The van der Waals surface area contributed by atoms with E-state index in [0.29, 0.717) is 5.52 Å². The van der Waals surface area contributed by atoms with E-state index in [0.717, 1.165) is 18.7 Å². The predicted molar refractivity (Wildman–Crippen MR) is 57.7 cm³/mol. The Balaban J connectivity index is 2.34. The molecule has 1 aromatic carbocycles. The van der Waals surface area contributed by atoms with Gasteiger partial charge in [0.05, 0.1) is 5.69 Å². The minimum Gasteiger partial charge on any atom is -0.480 e. The fraction of sp³-hybridized carbons (Fsp3) is 0.400. The highest BCUT2D eigenvalue weighted by molar-refractivity contribution is 9.09. The second-order valence-electron chi connectivity index (χ2n) is 3.07. The Labute approximate surface area is 86.4 Å². The SMILES string of the molecule is BrCOc1cccc2c1NCCC2. The molecule has 0 bridgehead atoms. The molecule has 1 aliphatic rings. The highest BCUT2D eigenvalue weighted by Crippen LogP contribution is 2.31. The van der Waals surface area contributed by atoms with Crippen molar-refractivity contribution in [1.82, 2.24) is 0 Å². The number of anilines is 1. The lowest BCUT2D eigenvalue weighted by Crippen LogP contribution is -2.12. The van der Waals surface area contributed by atoms with Crippen LogP contribution in [-0.2, 0) is 6.42 Å². The fourth-order valence-corrected chi connectivity index (χ4v) is 1.90. The maximum absolute atomic E-state index is 5.46. The first-order chi connectivity index (χ1) is 6.42. The number of halogens is 1. The third-order valence-corrected chi connectivity index (χ3v) is 2.48. The van der Waals surface area contributed by atoms with Crippen molar-refractivity contribution in [2.24, 2.45) is 0 Å². The third kappa shape index (κ3) is 1.80. The molecule has 0 saturated heterocycles. The second kappa shape index (κ2) is 4.01. The Hall–Kier alpha value is -0.700.